The van der Waals surface area contributed by atoms with Crippen LogP contribution in [0, 0.1) is 0 Å². The zero-order valence-corrected chi connectivity index (χ0v) is 15.2. The standard InChI is InChI=1S/C21H20F3N3O/c22-21(23,24)17-11-9-15(10-12-17)18-8-4-5-13-27(18)14-19-25-26-20(28-19)16-6-2-1-3-7-16/h1-3,6-7,9-12,18H,4-5,8,13-14H2. The van der Waals surface area contributed by atoms with Crippen LogP contribution in [0.15, 0.2) is 59.0 Å². The molecule has 4 rings (SSSR count). The maximum Gasteiger partial charge on any atom is 0.416 e. The van der Waals surface area contributed by atoms with Gasteiger partial charge in [0.1, 0.15) is 0 Å². The summed E-state index contributed by atoms with van der Waals surface area (Å²) < 4.78 is 44.3. The number of alkyl halides is 3. The first-order valence-corrected chi connectivity index (χ1v) is 9.30. The Kier molecular flexibility index (Phi) is 5.17. The smallest absolute Gasteiger partial charge is 0.416 e. The van der Waals surface area contributed by atoms with Crippen LogP contribution in [-0.2, 0) is 12.7 Å². The molecule has 4 nitrogen and oxygen atoms in total. The van der Waals surface area contributed by atoms with Crippen molar-refractivity contribution >= 4 is 0 Å². The van der Waals surface area contributed by atoms with Crippen molar-refractivity contribution < 1.29 is 17.6 Å². The lowest BCUT2D eigenvalue weighted by molar-refractivity contribution is -0.137. The lowest BCUT2D eigenvalue weighted by Crippen LogP contribution is -2.33. The van der Waals surface area contributed by atoms with Crippen molar-refractivity contribution in [3.8, 4) is 11.5 Å². The Bertz CT molecular complexity index is 907. The van der Waals surface area contributed by atoms with Crippen LogP contribution in [0.1, 0.15) is 42.3 Å². The van der Waals surface area contributed by atoms with Crippen molar-refractivity contribution in [1.82, 2.24) is 15.1 Å². The maximum atomic E-state index is 12.8. The number of halogens is 3. The molecular formula is C21H20F3N3O. The van der Waals surface area contributed by atoms with Crippen LogP contribution in [0.5, 0.6) is 0 Å². The monoisotopic (exact) mass is 387 g/mol. The molecule has 1 aliphatic rings. The third-order valence-electron chi connectivity index (χ3n) is 5.06. The predicted molar refractivity (Wildman–Crippen MR) is 98.2 cm³/mol. The van der Waals surface area contributed by atoms with Gasteiger partial charge in [0.2, 0.25) is 11.8 Å². The number of nitrogens with zero attached hydrogens (tertiary/aromatic N) is 3. The second-order valence-corrected chi connectivity index (χ2v) is 6.97. The first-order chi connectivity index (χ1) is 13.5. The van der Waals surface area contributed by atoms with E-state index in [-0.39, 0.29) is 6.04 Å². The van der Waals surface area contributed by atoms with Crippen molar-refractivity contribution in [2.24, 2.45) is 0 Å². The molecule has 2 aromatic carbocycles. The highest BCUT2D eigenvalue weighted by atomic mass is 19.4. The van der Waals surface area contributed by atoms with Crippen LogP contribution in [0.25, 0.3) is 11.5 Å². The van der Waals surface area contributed by atoms with E-state index in [4.69, 9.17) is 4.42 Å². The highest BCUT2D eigenvalue weighted by Crippen LogP contribution is 2.35. The summed E-state index contributed by atoms with van der Waals surface area (Å²) in [5.41, 5.74) is 1.12. The predicted octanol–water partition coefficient (Wildman–Crippen LogP) is 5.48. The van der Waals surface area contributed by atoms with E-state index in [0.717, 1.165) is 49.1 Å². The van der Waals surface area contributed by atoms with E-state index < -0.39 is 11.7 Å². The van der Waals surface area contributed by atoms with E-state index in [9.17, 15) is 13.2 Å². The number of hydrogen-bond donors (Lipinski definition) is 0. The molecule has 0 aliphatic carbocycles. The molecule has 7 heteroatoms. The minimum atomic E-state index is -4.32. The SMILES string of the molecule is FC(F)(F)c1ccc(C2CCCCN2Cc2nnc(-c3ccccc3)o2)cc1. The zero-order chi connectivity index (χ0) is 19.6. The summed E-state index contributed by atoms with van der Waals surface area (Å²) in [5, 5.41) is 8.27. The summed E-state index contributed by atoms with van der Waals surface area (Å²) >= 11 is 0. The molecule has 0 saturated carbocycles. The van der Waals surface area contributed by atoms with Gasteiger partial charge in [-0.05, 0) is 49.2 Å². The van der Waals surface area contributed by atoms with Crippen LogP contribution < -0.4 is 0 Å². The maximum absolute atomic E-state index is 12.8. The minimum Gasteiger partial charge on any atom is -0.419 e. The Labute approximate surface area is 161 Å². The normalized spacial score (nSPS) is 18.3. The Balaban J connectivity index is 1.51. The first-order valence-electron chi connectivity index (χ1n) is 9.30. The average molecular weight is 387 g/mol. The average Bonchev–Trinajstić information content (AvgIpc) is 3.17. The van der Waals surface area contributed by atoms with Gasteiger partial charge >= 0.3 is 6.18 Å². The van der Waals surface area contributed by atoms with E-state index >= 15 is 0 Å². The molecule has 0 radical (unpaired) electrons. The summed E-state index contributed by atoms with van der Waals surface area (Å²) in [5.74, 6) is 0.983. The van der Waals surface area contributed by atoms with Crippen LogP contribution in [0.2, 0.25) is 0 Å². The third-order valence-corrected chi connectivity index (χ3v) is 5.06. The lowest BCUT2D eigenvalue weighted by atomic mass is 9.94. The molecule has 146 valence electrons. The fourth-order valence-electron chi connectivity index (χ4n) is 3.64. The molecular weight excluding hydrogens is 367 g/mol. The van der Waals surface area contributed by atoms with Gasteiger partial charge in [-0.1, -0.05) is 36.8 Å². The van der Waals surface area contributed by atoms with Gasteiger partial charge in [0.15, 0.2) is 0 Å². The van der Waals surface area contributed by atoms with E-state index in [0.29, 0.717) is 18.3 Å². The van der Waals surface area contributed by atoms with Gasteiger partial charge in [-0.3, -0.25) is 4.90 Å². The molecule has 0 spiro atoms. The van der Waals surface area contributed by atoms with E-state index in [2.05, 4.69) is 15.1 Å². The summed E-state index contributed by atoms with van der Waals surface area (Å²) in [4.78, 5) is 2.20. The van der Waals surface area contributed by atoms with Gasteiger partial charge in [0.05, 0.1) is 12.1 Å². The lowest BCUT2D eigenvalue weighted by Gasteiger charge is -2.35. The van der Waals surface area contributed by atoms with Crippen LogP contribution in [0.3, 0.4) is 0 Å². The van der Waals surface area contributed by atoms with Crippen molar-refractivity contribution in [2.45, 2.75) is 38.0 Å². The second kappa shape index (κ2) is 7.75. The molecule has 1 atom stereocenters. The highest BCUT2D eigenvalue weighted by Gasteiger charge is 2.31. The van der Waals surface area contributed by atoms with Gasteiger partial charge in [-0.15, -0.1) is 10.2 Å². The zero-order valence-electron chi connectivity index (χ0n) is 15.2. The number of hydrogen-bond acceptors (Lipinski definition) is 4. The molecule has 1 saturated heterocycles. The molecule has 1 unspecified atom stereocenters. The van der Waals surface area contributed by atoms with Gasteiger partial charge in [0, 0.05) is 11.6 Å². The van der Waals surface area contributed by atoms with E-state index in [1.54, 1.807) is 12.1 Å². The van der Waals surface area contributed by atoms with Crippen LogP contribution >= 0.6 is 0 Å². The fraction of sp³-hybridized carbons (Fsp3) is 0.333. The van der Waals surface area contributed by atoms with Crippen molar-refractivity contribution in [1.29, 1.82) is 0 Å². The van der Waals surface area contributed by atoms with E-state index in [1.165, 1.54) is 0 Å². The number of rotatable bonds is 4. The van der Waals surface area contributed by atoms with Crippen LogP contribution in [-0.4, -0.2) is 21.6 Å². The van der Waals surface area contributed by atoms with Gasteiger partial charge in [-0.2, -0.15) is 13.2 Å². The number of aromatic nitrogens is 2. The molecule has 0 bridgehead atoms. The Hall–Kier alpha value is -2.67. The van der Waals surface area contributed by atoms with Gasteiger partial charge < -0.3 is 4.42 Å². The first kappa shape index (κ1) is 18.7. The molecule has 1 aliphatic heterocycles. The molecule has 2 heterocycles. The Morgan fingerprint density at radius 3 is 2.43 bits per heavy atom. The Morgan fingerprint density at radius 2 is 1.71 bits per heavy atom. The topological polar surface area (TPSA) is 42.2 Å². The fourth-order valence-corrected chi connectivity index (χ4v) is 3.64. The second-order valence-electron chi connectivity index (χ2n) is 6.97. The van der Waals surface area contributed by atoms with Gasteiger partial charge in [0.25, 0.3) is 0 Å². The summed E-state index contributed by atoms with van der Waals surface area (Å²) in [6, 6.07) is 15.1. The largest absolute Gasteiger partial charge is 0.419 e. The number of piperidine rings is 1. The highest BCUT2D eigenvalue weighted by molar-refractivity contribution is 5.51. The molecule has 3 aromatic rings. The quantitative estimate of drug-likeness (QED) is 0.594. The van der Waals surface area contributed by atoms with Crippen molar-refractivity contribution in [2.75, 3.05) is 6.54 Å². The molecule has 1 aromatic heterocycles. The third kappa shape index (κ3) is 4.09. The van der Waals surface area contributed by atoms with Gasteiger partial charge in [-0.25, -0.2) is 0 Å². The summed E-state index contributed by atoms with van der Waals surface area (Å²) in [6.45, 7) is 1.32. The molecule has 28 heavy (non-hydrogen) atoms. The van der Waals surface area contributed by atoms with Crippen LogP contribution in [0.4, 0.5) is 13.2 Å². The minimum absolute atomic E-state index is 0.0445. The number of benzene rings is 2. The van der Waals surface area contributed by atoms with Crippen molar-refractivity contribution in [3.05, 3.63) is 71.6 Å². The van der Waals surface area contributed by atoms with E-state index in [1.807, 2.05) is 30.3 Å². The number of likely N-dealkylation sites (tertiary alicyclic amines) is 1. The molecule has 1 fully saturated rings. The molecule has 0 amide bonds. The molecule has 0 N–H and O–H groups in total. The summed E-state index contributed by atoms with van der Waals surface area (Å²) in [7, 11) is 0. The summed E-state index contributed by atoms with van der Waals surface area (Å²) in [6.07, 6.45) is -1.34. The van der Waals surface area contributed by atoms with Crippen molar-refractivity contribution in [3.63, 3.8) is 0 Å². The Morgan fingerprint density at radius 1 is 0.964 bits per heavy atom.